The largest absolute Gasteiger partial charge is 0.512 e. The maximum atomic E-state index is 11.9. The zero-order chi connectivity index (χ0) is 16.7. The molecule has 0 spiro atoms. The van der Waals surface area contributed by atoms with Gasteiger partial charge in [-0.2, -0.15) is 4.68 Å². The number of carboxylic acid groups (broad SMARTS) is 1. The minimum absolute atomic E-state index is 0.172. The van der Waals surface area contributed by atoms with E-state index in [0.717, 1.165) is 16.0 Å². The Morgan fingerprint density at radius 1 is 1.35 bits per heavy atom. The molecular formula is C12H8N4O6S. The van der Waals surface area contributed by atoms with E-state index in [-0.39, 0.29) is 10.6 Å². The van der Waals surface area contributed by atoms with Gasteiger partial charge < -0.3 is 14.4 Å². The van der Waals surface area contributed by atoms with Crippen LogP contribution in [-0.2, 0) is 7.05 Å². The lowest BCUT2D eigenvalue weighted by molar-refractivity contribution is 0.141. The van der Waals surface area contributed by atoms with Crippen LogP contribution in [0.3, 0.4) is 0 Å². The number of fused-ring (bicyclic) bond motifs is 1. The van der Waals surface area contributed by atoms with E-state index in [1.807, 2.05) is 4.98 Å². The number of thiazole rings is 1. The molecule has 0 aliphatic rings. The van der Waals surface area contributed by atoms with Gasteiger partial charge in [-0.3, -0.25) is 14.6 Å². The Kier molecular flexibility index (Phi) is 3.33. The highest BCUT2D eigenvalue weighted by Crippen LogP contribution is 2.19. The molecule has 1 aromatic carbocycles. The second-order valence-electron chi connectivity index (χ2n) is 4.42. The molecular weight excluding hydrogens is 328 g/mol. The summed E-state index contributed by atoms with van der Waals surface area (Å²) in [4.78, 5) is 47.2. The molecule has 2 heterocycles. The molecule has 10 nitrogen and oxygen atoms in total. The monoisotopic (exact) mass is 336 g/mol. The summed E-state index contributed by atoms with van der Waals surface area (Å²) in [6, 6.07) is 4.64. The molecule has 0 atom stereocenters. The van der Waals surface area contributed by atoms with E-state index >= 15 is 0 Å². The van der Waals surface area contributed by atoms with Gasteiger partial charge in [-0.05, 0) is 18.2 Å². The summed E-state index contributed by atoms with van der Waals surface area (Å²) in [5.74, 6) is -0.779. The second kappa shape index (κ2) is 5.21. The first-order valence-corrected chi connectivity index (χ1v) is 6.93. The summed E-state index contributed by atoms with van der Waals surface area (Å²) in [5.41, 5.74) is -1.01. The molecule has 0 radical (unpaired) electrons. The fourth-order valence-corrected chi connectivity index (χ4v) is 2.88. The fraction of sp³-hybridized carbons (Fsp3) is 0.0833. The van der Waals surface area contributed by atoms with E-state index in [2.05, 4.69) is 9.84 Å². The molecule has 0 saturated carbocycles. The summed E-state index contributed by atoms with van der Waals surface area (Å²) < 4.78 is 7.06. The van der Waals surface area contributed by atoms with Crippen LogP contribution in [0.15, 0.2) is 32.6 Å². The van der Waals surface area contributed by atoms with Gasteiger partial charge in [0.25, 0.3) is 0 Å². The standard InChI is InChI=1S/C12H8N4O6S/c1-15-6-3-2-5(4-7(6)23-11(15)19)16-10(18)13-8(17)9(14-16)22-12(20)21/h2-4H,1H3,(H,20,21)(H,13,17,18). The van der Waals surface area contributed by atoms with E-state index in [1.54, 1.807) is 13.1 Å². The third-order valence-electron chi connectivity index (χ3n) is 3.00. The van der Waals surface area contributed by atoms with Crippen LogP contribution < -0.4 is 20.9 Å². The van der Waals surface area contributed by atoms with Crippen LogP contribution in [0.1, 0.15) is 0 Å². The molecule has 23 heavy (non-hydrogen) atoms. The van der Waals surface area contributed by atoms with Crippen molar-refractivity contribution in [1.29, 1.82) is 0 Å². The molecule has 0 aliphatic heterocycles. The van der Waals surface area contributed by atoms with Crippen LogP contribution in [0, 0.1) is 0 Å². The number of aryl methyl sites for hydroxylation is 1. The highest BCUT2D eigenvalue weighted by molar-refractivity contribution is 7.16. The molecule has 0 aliphatic carbocycles. The molecule has 0 fully saturated rings. The summed E-state index contributed by atoms with van der Waals surface area (Å²) in [7, 11) is 1.62. The predicted octanol–water partition coefficient (Wildman–Crippen LogP) is -0.109. The van der Waals surface area contributed by atoms with E-state index < -0.39 is 23.3 Å². The van der Waals surface area contributed by atoms with Crippen molar-refractivity contribution in [2.75, 3.05) is 0 Å². The SMILES string of the molecule is Cn1c(=O)sc2cc(-n3nc(OC(=O)O)c(=O)[nH]c3=O)ccc21. The number of carbonyl (C=O) groups is 1. The molecule has 3 aromatic rings. The van der Waals surface area contributed by atoms with Crippen molar-refractivity contribution >= 4 is 27.7 Å². The molecule has 0 amide bonds. The van der Waals surface area contributed by atoms with Gasteiger partial charge in [-0.25, -0.2) is 9.59 Å². The Morgan fingerprint density at radius 3 is 2.78 bits per heavy atom. The van der Waals surface area contributed by atoms with Crippen molar-refractivity contribution in [2.45, 2.75) is 0 Å². The zero-order valence-corrected chi connectivity index (χ0v) is 12.3. The Balaban J connectivity index is 2.21. The number of ether oxygens (including phenoxy) is 1. The third kappa shape index (κ3) is 2.53. The average molecular weight is 336 g/mol. The van der Waals surface area contributed by atoms with E-state index in [0.29, 0.717) is 10.2 Å². The van der Waals surface area contributed by atoms with Crippen molar-refractivity contribution < 1.29 is 14.6 Å². The Morgan fingerprint density at radius 2 is 2.09 bits per heavy atom. The number of H-pyrrole nitrogens is 1. The Labute approximate surface area is 129 Å². The van der Waals surface area contributed by atoms with Gasteiger partial charge in [0.15, 0.2) is 0 Å². The number of hydrogen-bond acceptors (Lipinski definition) is 7. The number of nitrogens with one attached hydrogen (secondary N) is 1. The highest BCUT2D eigenvalue weighted by atomic mass is 32.1. The second-order valence-corrected chi connectivity index (χ2v) is 5.42. The van der Waals surface area contributed by atoms with Crippen molar-refractivity contribution in [1.82, 2.24) is 19.3 Å². The molecule has 11 heteroatoms. The van der Waals surface area contributed by atoms with Crippen LogP contribution in [0.2, 0.25) is 0 Å². The molecule has 3 rings (SSSR count). The van der Waals surface area contributed by atoms with Crippen LogP contribution in [0.5, 0.6) is 5.88 Å². The normalized spacial score (nSPS) is 10.8. The summed E-state index contributed by atoms with van der Waals surface area (Å²) in [5, 5.41) is 12.2. The van der Waals surface area contributed by atoms with Gasteiger partial charge in [0.1, 0.15) is 0 Å². The molecule has 0 bridgehead atoms. The quantitative estimate of drug-likeness (QED) is 0.623. The fourth-order valence-electron chi connectivity index (χ4n) is 1.96. The van der Waals surface area contributed by atoms with Crippen LogP contribution >= 0.6 is 11.3 Å². The van der Waals surface area contributed by atoms with Crippen LogP contribution in [-0.4, -0.2) is 30.6 Å². The van der Waals surface area contributed by atoms with Gasteiger partial charge in [-0.1, -0.05) is 11.3 Å². The average Bonchev–Trinajstić information content (AvgIpc) is 2.76. The first kappa shape index (κ1) is 14.7. The molecule has 0 unspecified atom stereocenters. The number of nitrogens with zero attached hydrogens (tertiary/aromatic N) is 3. The minimum Gasteiger partial charge on any atom is -0.449 e. The van der Waals surface area contributed by atoms with E-state index in [4.69, 9.17) is 5.11 Å². The Bertz CT molecular complexity index is 1110. The molecule has 0 saturated heterocycles. The van der Waals surface area contributed by atoms with Crippen LogP contribution in [0.4, 0.5) is 4.79 Å². The highest BCUT2D eigenvalue weighted by Gasteiger charge is 2.14. The smallest absolute Gasteiger partial charge is 0.449 e. The maximum absolute atomic E-state index is 11.9. The van der Waals surface area contributed by atoms with Gasteiger partial charge >= 0.3 is 28.2 Å². The number of aromatic amines is 1. The maximum Gasteiger partial charge on any atom is 0.512 e. The van der Waals surface area contributed by atoms with Crippen LogP contribution in [0.25, 0.3) is 15.9 Å². The molecule has 2 aromatic heterocycles. The summed E-state index contributed by atoms with van der Waals surface area (Å²) in [6.07, 6.45) is -1.73. The van der Waals surface area contributed by atoms with Crippen molar-refractivity contribution in [3.8, 4) is 11.6 Å². The first-order valence-electron chi connectivity index (χ1n) is 6.11. The minimum atomic E-state index is -1.73. The lowest BCUT2D eigenvalue weighted by Gasteiger charge is -2.05. The van der Waals surface area contributed by atoms with Gasteiger partial charge in [0, 0.05) is 7.05 Å². The lowest BCUT2D eigenvalue weighted by Crippen LogP contribution is -2.33. The summed E-state index contributed by atoms with van der Waals surface area (Å²) >= 11 is 0.978. The zero-order valence-electron chi connectivity index (χ0n) is 11.5. The third-order valence-corrected chi connectivity index (χ3v) is 4.00. The van der Waals surface area contributed by atoms with Crippen molar-refractivity contribution in [3.05, 3.63) is 48.7 Å². The predicted molar refractivity (Wildman–Crippen MR) is 79.7 cm³/mol. The van der Waals surface area contributed by atoms with E-state index in [9.17, 15) is 19.2 Å². The van der Waals surface area contributed by atoms with Gasteiger partial charge in [0.2, 0.25) is 0 Å². The molecule has 118 valence electrons. The number of rotatable bonds is 2. The van der Waals surface area contributed by atoms with E-state index in [1.165, 1.54) is 16.7 Å². The van der Waals surface area contributed by atoms with Gasteiger partial charge in [-0.15, -0.1) is 5.10 Å². The first-order chi connectivity index (χ1) is 10.9. The topological polar surface area (TPSA) is 136 Å². The number of benzene rings is 1. The number of hydrogen-bond donors (Lipinski definition) is 2. The van der Waals surface area contributed by atoms with Gasteiger partial charge in [0.05, 0.1) is 15.9 Å². The van der Waals surface area contributed by atoms with Crippen molar-refractivity contribution in [3.63, 3.8) is 0 Å². The Hall–Kier alpha value is -3.21. The lowest BCUT2D eigenvalue weighted by atomic mass is 10.3. The van der Waals surface area contributed by atoms with Crippen molar-refractivity contribution in [2.24, 2.45) is 7.05 Å². The summed E-state index contributed by atoms with van der Waals surface area (Å²) in [6.45, 7) is 0. The number of aromatic nitrogens is 4. The molecule has 2 N–H and O–H groups in total.